The Morgan fingerprint density at radius 2 is 1.73 bits per heavy atom. The summed E-state index contributed by atoms with van der Waals surface area (Å²) in [4.78, 5) is 35.2. The zero-order valence-corrected chi connectivity index (χ0v) is 21.2. The van der Waals surface area contributed by atoms with E-state index in [0.29, 0.717) is 35.8 Å². The number of aliphatic hydroxyl groups is 2. The summed E-state index contributed by atoms with van der Waals surface area (Å²) in [6.07, 6.45) is -1.09. The molecule has 0 aromatic heterocycles. The number of esters is 1. The van der Waals surface area contributed by atoms with Crippen LogP contribution in [0.25, 0.3) is 0 Å². The van der Waals surface area contributed by atoms with E-state index in [1.54, 1.807) is 23.9 Å². The van der Waals surface area contributed by atoms with Gasteiger partial charge in [-0.1, -0.05) is 18.2 Å². The van der Waals surface area contributed by atoms with E-state index in [2.05, 4.69) is 0 Å². The largest absolute Gasteiger partial charge is 0.491 e. The van der Waals surface area contributed by atoms with Crippen LogP contribution >= 0.6 is 11.8 Å². The molecule has 0 radical (unpaired) electrons. The molecule has 2 aromatic carbocycles. The molecule has 9 nitrogen and oxygen atoms in total. The Labute approximate surface area is 219 Å². The zero-order chi connectivity index (χ0) is 26.6. The number of benzene rings is 2. The normalized spacial score (nSPS) is 19.9. The predicted molar refractivity (Wildman–Crippen MR) is 137 cm³/mol. The van der Waals surface area contributed by atoms with E-state index in [9.17, 15) is 24.6 Å². The second-order valence-electron chi connectivity index (χ2n) is 8.73. The molecular formula is C27H32O9S. The topological polar surface area (TPSA) is 140 Å². The average molecular weight is 533 g/mol. The Hall–Kier alpha value is -2.92. The van der Waals surface area contributed by atoms with Crippen LogP contribution in [0.1, 0.15) is 36.0 Å². The van der Waals surface area contributed by atoms with Crippen molar-refractivity contribution < 1.29 is 43.9 Å². The fraction of sp³-hybridized carbons (Fsp3) is 0.444. The number of rotatable bonds is 15. The molecule has 1 fully saturated rings. The molecule has 1 aliphatic rings. The lowest BCUT2D eigenvalue weighted by Crippen LogP contribution is -2.34. The molecule has 0 spiro atoms. The Balaban J connectivity index is 1.31. The van der Waals surface area contributed by atoms with Crippen molar-refractivity contribution in [2.24, 2.45) is 5.92 Å². The lowest BCUT2D eigenvalue weighted by molar-refractivity contribution is -0.134. The summed E-state index contributed by atoms with van der Waals surface area (Å²) in [5, 5.41) is 29.3. The first-order chi connectivity index (χ1) is 17.8. The number of carbonyl (C=O) groups is 3. The maximum atomic E-state index is 12.4. The van der Waals surface area contributed by atoms with Crippen LogP contribution < -0.4 is 9.47 Å². The number of carboxylic acids is 1. The number of ketones is 1. The Kier molecular flexibility index (Phi) is 11.4. The first kappa shape index (κ1) is 28.6. The molecule has 10 heteroatoms. The van der Waals surface area contributed by atoms with E-state index >= 15 is 0 Å². The average Bonchev–Trinajstić information content (AvgIpc) is 3.16. The van der Waals surface area contributed by atoms with Gasteiger partial charge in [0, 0.05) is 18.8 Å². The highest BCUT2D eigenvalue weighted by Crippen LogP contribution is 2.30. The van der Waals surface area contributed by atoms with Gasteiger partial charge >= 0.3 is 11.9 Å². The summed E-state index contributed by atoms with van der Waals surface area (Å²) >= 11 is 1.60. The molecule has 3 rings (SSSR count). The minimum absolute atomic E-state index is 0.0376. The predicted octanol–water partition coefficient (Wildman–Crippen LogP) is 2.97. The number of aromatic carboxylic acids is 1. The summed E-state index contributed by atoms with van der Waals surface area (Å²) in [5.41, 5.74) is 0.116. The minimum atomic E-state index is -1.05. The summed E-state index contributed by atoms with van der Waals surface area (Å²) in [6, 6.07) is 14.7. The lowest BCUT2D eigenvalue weighted by Gasteiger charge is -2.23. The monoisotopic (exact) mass is 532 g/mol. The molecule has 0 saturated heterocycles. The van der Waals surface area contributed by atoms with Gasteiger partial charge in [0.15, 0.2) is 0 Å². The number of carboxylic acid groups (broad SMARTS) is 1. The van der Waals surface area contributed by atoms with E-state index in [1.165, 1.54) is 24.3 Å². The highest BCUT2D eigenvalue weighted by atomic mass is 32.2. The second kappa shape index (κ2) is 14.7. The van der Waals surface area contributed by atoms with Crippen LogP contribution in [0, 0.1) is 5.92 Å². The van der Waals surface area contributed by atoms with Crippen LogP contribution in [-0.4, -0.2) is 76.1 Å². The van der Waals surface area contributed by atoms with E-state index in [4.69, 9.17) is 19.3 Å². The van der Waals surface area contributed by atoms with Crippen LogP contribution in [0.3, 0.4) is 0 Å². The van der Waals surface area contributed by atoms with Gasteiger partial charge in [0.25, 0.3) is 0 Å². The Morgan fingerprint density at radius 3 is 2.43 bits per heavy atom. The number of hydrogen-bond donors (Lipinski definition) is 3. The summed E-state index contributed by atoms with van der Waals surface area (Å²) in [7, 11) is 0. The first-order valence-corrected chi connectivity index (χ1v) is 13.3. The molecule has 0 heterocycles. The molecule has 4 unspecified atom stereocenters. The Bertz CT molecular complexity index is 1010. The van der Waals surface area contributed by atoms with Crippen molar-refractivity contribution in [3.8, 4) is 11.5 Å². The Morgan fingerprint density at radius 1 is 1.00 bits per heavy atom. The van der Waals surface area contributed by atoms with Gasteiger partial charge in [0.05, 0.1) is 24.4 Å². The van der Waals surface area contributed by atoms with Crippen molar-refractivity contribution >= 4 is 29.5 Å². The fourth-order valence-corrected chi connectivity index (χ4v) is 4.91. The van der Waals surface area contributed by atoms with E-state index < -0.39 is 36.2 Å². The molecule has 0 bridgehead atoms. The van der Waals surface area contributed by atoms with Crippen LogP contribution in [0.15, 0.2) is 54.6 Å². The third-order valence-corrected chi connectivity index (χ3v) is 6.94. The number of hydrogen-bond acceptors (Lipinski definition) is 9. The fourth-order valence-electron chi connectivity index (χ4n) is 3.94. The second-order valence-corrected chi connectivity index (χ2v) is 9.95. The van der Waals surface area contributed by atoms with Crippen LogP contribution in [-0.2, 0) is 14.3 Å². The molecule has 200 valence electrons. The number of thioether (sulfide) groups is 1. The third kappa shape index (κ3) is 9.47. The van der Waals surface area contributed by atoms with E-state index in [0.717, 1.165) is 0 Å². The highest BCUT2D eigenvalue weighted by Gasteiger charge is 2.42. The van der Waals surface area contributed by atoms with Gasteiger partial charge < -0.3 is 29.5 Å². The lowest BCUT2D eigenvalue weighted by atomic mass is 10.0. The molecule has 0 aliphatic heterocycles. The number of carbonyl (C=O) groups excluding carboxylic acids is 2. The number of para-hydroxylation sites is 1. The molecule has 1 saturated carbocycles. The van der Waals surface area contributed by atoms with Crippen molar-refractivity contribution in [3.63, 3.8) is 0 Å². The van der Waals surface area contributed by atoms with Gasteiger partial charge in [-0.25, -0.2) is 4.79 Å². The molecule has 0 amide bonds. The molecular weight excluding hydrogens is 500 g/mol. The quantitative estimate of drug-likeness (QED) is 0.178. The molecule has 3 N–H and O–H groups in total. The number of Topliss-reactive ketones (excluding diaryl/α,β-unsaturated/α-hetero) is 1. The summed E-state index contributed by atoms with van der Waals surface area (Å²) in [5.74, 6) is 0.341. The van der Waals surface area contributed by atoms with E-state index in [1.807, 2.05) is 18.2 Å². The van der Waals surface area contributed by atoms with Gasteiger partial charge in [0.1, 0.15) is 30.0 Å². The molecule has 2 aromatic rings. The van der Waals surface area contributed by atoms with Gasteiger partial charge in [-0.15, -0.1) is 0 Å². The maximum absolute atomic E-state index is 12.4. The summed E-state index contributed by atoms with van der Waals surface area (Å²) in [6.45, 7) is -0.00992. The van der Waals surface area contributed by atoms with Gasteiger partial charge in [-0.2, -0.15) is 11.8 Å². The van der Waals surface area contributed by atoms with E-state index in [-0.39, 0.29) is 37.4 Å². The first-order valence-electron chi connectivity index (χ1n) is 12.1. The standard InChI is InChI=1S/C27H32O9S/c28-19(16-34-20-5-2-1-3-6-20)17-35-26-22(23(29)15-24(26)30)12-14-37-13-4-7-25(31)36-21-10-8-18(9-11-21)27(32)33/h1-3,5-6,8-11,19,22,24,26,28,30H,4,7,12-17H2,(H,32,33). The molecule has 4 atom stereocenters. The van der Waals surface area contributed by atoms with Gasteiger partial charge in [0.2, 0.25) is 0 Å². The van der Waals surface area contributed by atoms with Crippen LogP contribution in [0.5, 0.6) is 11.5 Å². The minimum Gasteiger partial charge on any atom is -0.491 e. The SMILES string of the molecule is O=C(CCCSCCC1C(=O)CC(O)C1OCC(O)COc1ccccc1)Oc1ccc(C(=O)O)cc1. The van der Waals surface area contributed by atoms with Crippen LogP contribution in [0.2, 0.25) is 0 Å². The summed E-state index contributed by atoms with van der Waals surface area (Å²) < 4.78 is 16.4. The van der Waals surface area contributed by atoms with Crippen molar-refractivity contribution in [2.75, 3.05) is 24.7 Å². The highest BCUT2D eigenvalue weighted by molar-refractivity contribution is 7.99. The molecule has 1 aliphatic carbocycles. The van der Waals surface area contributed by atoms with Crippen molar-refractivity contribution in [1.82, 2.24) is 0 Å². The third-order valence-electron chi connectivity index (χ3n) is 5.84. The zero-order valence-electron chi connectivity index (χ0n) is 20.4. The maximum Gasteiger partial charge on any atom is 0.335 e. The van der Waals surface area contributed by atoms with Crippen molar-refractivity contribution in [1.29, 1.82) is 0 Å². The number of ether oxygens (including phenoxy) is 3. The van der Waals surface area contributed by atoms with Crippen molar-refractivity contribution in [2.45, 2.75) is 44.0 Å². The number of aliphatic hydroxyl groups excluding tert-OH is 2. The van der Waals surface area contributed by atoms with Gasteiger partial charge in [-0.3, -0.25) is 9.59 Å². The smallest absolute Gasteiger partial charge is 0.335 e. The van der Waals surface area contributed by atoms with Gasteiger partial charge in [-0.05, 0) is 60.7 Å². The van der Waals surface area contributed by atoms with Crippen LogP contribution in [0.4, 0.5) is 0 Å². The van der Waals surface area contributed by atoms with Crippen molar-refractivity contribution in [3.05, 3.63) is 60.2 Å². The molecule has 37 heavy (non-hydrogen) atoms.